The second kappa shape index (κ2) is 16.5. The number of hydrogen-bond donors (Lipinski definition) is 1. The summed E-state index contributed by atoms with van der Waals surface area (Å²) in [7, 11) is -4.20. The van der Waals surface area contributed by atoms with Crippen LogP contribution in [-0.4, -0.2) is 44.3 Å². The van der Waals surface area contributed by atoms with Crippen molar-refractivity contribution in [1.29, 1.82) is 0 Å². The summed E-state index contributed by atoms with van der Waals surface area (Å²) in [6.45, 7) is 9.83. The molecule has 48 heavy (non-hydrogen) atoms. The van der Waals surface area contributed by atoms with Gasteiger partial charge in [-0.05, 0) is 71.8 Å². The minimum Gasteiger partial charge on any atom is -0.354 e. The normalized spacial score (nSPS) is 12.2. The van der Waals surface area contributed by atoms with Gasteiger partial charge in [-0.1, -0.05) is 117 Å². The Labute approximate surface area is 294 Å². The molecule has 4 aromatic carbocycles. The molecule has 0 saturated heterocycles. The third kappa shape index (κ3) is 9.62. The first-order valence-electron chi connectivity index (χ1n) is 16.0. The fraction of sp³-hybridized carbons (Fsp3) is 0.316. The van der Waals surface area contributed by atoms with E-state index in [2.05, 4.69) is 19.2 Å². The van der Waals surface area contributed by atoms with E-state index in [1.165, 1.54) is 17.0 Å². The third-order valence-corrected chi connectivity index (χ3v) is 10.6. The Morgan fingerprint density at radius 1 is 0.792 bits per heavy atom. The highest BCUT2D eigenvalue weighted by molar-refractivity contribution is 7.92. The molecule has 0 radical (unpaired) electrons. The first-order chi connectivity index (χ1) is 22.8. The fourth-order valence-electron chi connectivity index (χ4n) is 5.20. The topological polar surface area (TPSA) is 86.8 Å². The number of nitrogens with zero attached hydrogens (tertiary/aromatic N) is 2. The molecule has 1 atom stereocenters. The standard InChI is InChI=1S/C38H43Cl2N3O4S/c1-26(2)23-41-38(45)36(22-29-9-7-6-8-10-29)42(24-30-13-20-34(39)35(40)21-30)37(44)25-43(32-16-14-31(15-17-32)27(3)4)48(46,47)33-18-11-28(5)12-19-33/h6-21,26-27,36H,22-25H2,1-5H3,(H,41,45)/t36-/m0/s1. The molecule has 0 aliphatic carbocycles. The maximum Gasteiger partial charge on any atom is 0.264 e. The number of hydrogen-bond acceptors (Lipinski definition) is 4. The van der Waals surface area contributed by atoms with Crippen LogP contribution in [0.4, 0.5) is 5.69 Å². The molecule has 4 aromatic rings. The molecule has 7 nitrogen and oxygen atoms in total. The number of benzene rings is 4. The number of rotatable bonds is 14. The van der Waals surface area contributed by atoms with Crippen LogP contribution in [0.3, 0.4) is 0 Å². The summed E-state index contributed by atoms with van der Waals surface area (Å²) in [5.41, 5.74) is 3.77. The summed E-state index contributed by atoms with van der Waals surface area (Å²) in [6.07, 6.45) is 0.214. The van der Waals surface area contributed by atoms with Crippen LogP contribution in [0, 0.1) is 12.8 Å². The van der Waals surface area contributed by atoms with Crippen LogP contribution in [0.5, 0.6) is 0 Å². The quantitative estimate of drug-likeness (QED) is 0.144. The van der Waals surface area contributed by atoms with Crippen LogP contribution in [0.2, 0.25) is 10.0 Å². The monoisotopic (exact) mass is 707 g/mol. The second-order valence-electron chi connectivity index (χ2n) is 12.7. The molecule has 0 aliphatic rings. The van der Waals surface area contributed by atoms with E-state index in [0.29, 0.717) is 27.8 Å². The van der Waals surface area contributed by atoms with Crippen molar-refractivity contribution in [2.75, 3.05) is 17.4 Å². The average Bonchev–Trinajstić information content (AvgIpc) is 3.06. The Balaban J connectivity index is 1.82. The molecule has 1 N–H and O–H groups in total. The van der Waals surface area contributed by atoms with Gasteiger partial charge in [-0.2, -0.15) is 0 Å². The largest absolute Gasteiger partial charge is 0.354 e. The van der Waals surface area contributed by atoms with E-state index in [0.717, 1.165) is 21.0 Å². The number of carbonyl (C=O) groups excluding carboxylic acids is 2. The van der Waals surface area contributed by atoms with E-state index >= 15 is 0 Å². The van der Waals surface area contributed by atoms with Gasteiger partial charge in [0.15, 0.2) is 0 Å². The van der Waals surface area contributed by atoms with Crippen molar-refractivity contribution in [3.05, 3.63) is 129 Å². The summed E-state index contributed by atoms with van der Waals surface area (Å²) in [4.78, 5) is 30.1. The lowest BCUT2D eigenvalue weighted by Gasteiger charge is -2.34. The lowest BCUT2D eigenvalue weighted by Crippen LogP contribution is -2.53. The summed E-state index contributed by atoms with van der Waals surface area (Å²) in [6, 6.07) is 27.2. The highest BCUT2D eigenvalue weighted by Crippen LogP contribution is 2.28. The van der Waals surface area contributed by atoms with E-state index in [9.17, 15) is 18.0 Å². The van der Waals surface area contributed by atoms with Crippen molar-refractivity contribution in [2.45, 2.75) is 64.4 Å². The minimum atomic E-state index is -4.20. The van der Waals surface area contributed by atoms with Crippen LogP contribution in [0.15, 0.2) is 102 Å². The number of aryl methyl sites for hydroxylation is 1. The molecule has 254 valence electrons. The van der Waals surface area contributed by atoms with Gasteiger partial charge in [0.2, 0.25) is 11.8 Å². The predicted molar refractivity (Wildman–Crippen MR) is 195 cm³/mol. The van der Waals surface area contributed by atoms with Gasteiger partial charge in [-0.15, -0.1) is 0 Å². The molecular weight excluding hydrogens is 665 g/mol. The smallest absolute Gasteiger partial charge is 0.264 e. The Hall–Kier alpha value is -3.85. The van der Waals surface area contributed by atoms with E-state index in [-0.39, 0.29) is 35.6 Å². The molecule has 0 bridgehead atoms. The van der Waals surface area contributed by atoms with Crippen molar-refractivity contribution >= 4 is 50.7 Å². The number of amides is 2. The zero-order valence-electron chi connectivity index (χ0n) is 28.0. The van der Waals surface area contributed by atoms with E-state index in [1.807, 2.05) is 63.2 Å². The molecule has 2 amide bonds. The highest BCUT2D eigenvalue weighted by atomic mass is 35.5. The third-order valence-electron chi connectivity index (χ3n) is 8.03. The Morgan fingerprint density at radius 2 is 1.44 bits per heavy atom. The van der Waals surface area contributed by atoms with E-state index in [1.54, 1.807) is 42.5 Å². The molecule has 0 saturated carbocycles. The van der Waals surface area contributed by atoms with Crippen LogP contribution >= 0.6 is 23.2 Å². The highest BCUT2D eigenvalue weighted by Gasteiger charge is 2.34. The maximum atomic E-state index is 14.6. The maximum absolute atomic E-state index is 14.6. The van der Waals surface area contributed by atoms with Gasteiger partial charge < -0.3 is 10.2 Å². The molecule has 0 heterocycles. The number of nitrogens with one attached hydrogen (secondary N) is 1. The van der Waals surface area contributed by atoms with Crippen LogP contribution in [-0.2, 0) is 32.6 Å². The first-order valence-corrected chi connectivity index (χ1v) is 18.2. The lowest BCUT2D eigenvalue weighted by molar-refractivity contribution is -0.140. The molecule has 0 aliphatic heterocycles. The summed E-state index contributed by atoms with van der Waals surface area (Å²) >= 11 is 12.6. The van der Waals surface area contributed by atoms with Crippen LogP contribution in [0.1, 0.15) is 55.9 Å². The van der Waals surface area contributed by atoms with Gasteiger partial charge in [0.25, 0.3) is 10.0 Å². The van der Waals surface area contributed by atoms with Crippen molar-refractivity contribution in [2.24, 2.45) is 5.92 Å². The lowest BCUT2D eigenvalue weighted by atomic mass is 10.0. The number of sulfonamides is 1. The van der Waals surface area contributed by atoms with Gasteiger partial charge in [0.05, 0.1) is 20.6 Å². The number of carbonyl (C=O) groups is 2. The van der Waals surface area contributed by atoms with Gasteiger partial charge in [0.1, 0.15) is 12.6 Å². The first kappa shape index (κ1) is 37.0. The number of anilines is 1. The van der Waals surface area contributed by atoms with Crippen molar-refractivity contribution in [3.63, 3.8) is 0 Å². The van der Waals surface area contributed by atoms with E-state index in [4.69, 9.17) is 23.2 Å². The predicted octanol–water partition coefficient (Wildman–Crippen LogP) is 8.03. The molecule has 4 rings (SSSR count). The minimum absolute atomic E-state index is 0.00692. The number of halogens is 2. The van der Waals surface area contributed by atoms with Gasteiger partial charge in [0, 0.05) is 19.5 Å². The Kier molecular flexibility index (Phi) is 12.7. The van der Waals surface area contributed by atoms with Crippen molar-refractivity contribution in [1.82, 2.24) is 10.2 Å². The van der Waals surface area contributed by atoms with E-state index < -0.39 is 28.5 Å². The molecule has 0 aromatic heterocycles. The van der Waals surface area contributed by atoms with Crippen molar-refractivity contribution < 1.29 is 18.0 Å². The molecule has 10 heteroatoms. The second-order valence-corrected chi connectivity index (χ2v) is 15.4. The fourth-order valence-corrected chi connectivity index (χ4v) is 6.94. The SMILES string of the molecule is Cc1ccc(S(=O)(=O)N(CC(=O)N(Cc2ccc(Cl)c(Cl)c2)[C@@H](Cc2ccccc2)C(=O)NCC(C)C)c2ccc(C(C)C)cc2)cc1. The summed E-state index contributed by atoms with van der Waals surface area (Å²) in [5.74, 6) is -0.484. The Morgan fingerprint density at radius 3 is 2.02 bits per heavy atom. The Bertz CT molecular complexity index is 1800. The van der Waals surface area contributed by atoms with Crippen molar-refractivity contribution in [3.8, 4) is 0 Å². The summed E-state index contributed by atoms with van der Waals surface area (Å²) < 4.78 is 29.7. The zero-order chi connectivity index (χ0) is 35.0. The average molecular weight is 709 g/mol. The molecule has 0 fully saturated rings. The van der Waals surface area contributed by atoms with Crippen LogP contribution < -0.4 is 9.62 Å². The zero-order valence-corrected chi connectivity index (χ0v) is 30.3. The van der Waals surface area contributed by atoms with Gasteiger partial charge in [-0.3, -0.25) is 13.9 Å². The summed E-state index contributed by atoms with van der Waals surface area (Å²) in [5, 5.41) is 3.66. The molecular formula is C38H43Cl2N3O4S. The van der Waals surface area contributed by atoms with Gasteiger partial charge in [-0.25, -0.2) is 8.42 Å². The molecule has 0 spiro atoms. The molecule has 0 unspecified atom stereocenters. The van der Waals surface area contributed by atoms with Crippen LogP contribution in [0.25, 0.3) is 0 Å². The van der Waals surface area contributed by atoms with Gasteiger partial charge >= 0.3 is 0 Å².